The smallest absolute Gasteiger partial charge is 0.198 e. The molecule has 0 aliphatic carbocycles. The quantitative estimate of drug-likeness (QED) is 0.192. The number of benzene rings is 6. The Labute approximate surface area is 263 Å². The van der Waals surface area contributed by atoms with Crippen molar-refractivity contribution in [2.45, 2.75) is 0 Å². The summed E-state index contributed by atoms with van der Waals surface area (Å²) in [6.07, 6.45) is 0. The van der Waals surface area contributed by atoms with Gasteiger partial charge in [0, 0.05) is 43.9 Å². The molecule has 0 spiro atoms. The summed E-state index contributed by atoms with van der Waals surface area (Å²) in [7, 11) is 0. The fraction of sp³-hybridized carbons (Fsp3) is 0. The van der Waals surface area contributed by atoms with Gasteiger partial charge in [-0.05, 0) is 60.7 Å². The molecule has 3 aromatic heterocycles. The zero-order chi connectivity index (χ0) is 30.6. The van der Waals surface area contributed by atoms with Crippen molar-refractivity contribution in [3.8, 4) is 39.9 Å². The lowest BCUT2D eigenvalue weighted by Gasteiger charge is -2.10. The molecule has 214 valence electrons. The molecular weight excluding hydrogens is 566 g/mol. The van der Waals surface area contributed by atoms with Gasteiger partial charge in [-0.25, -0.2) is 19.8 Å². The molecule has 0 amide bonds. The minimum absolute atomic E-state index is 0.548. The lowest BCUT2D eigenvalue weighted by Crippen LogP contribution is -2.00. The van der Waals surface area contributed by atoms with E-state index in [1.165, 1.54) is 0 Å². The van der Waals surface area contributed by atoms with Gasteiger partial charge in [0.25, 0.3) is 0 Å². The van der Waals surface area contributed by atoms with E-state index >= 15 is 0 Å². The second-order valence-electron chi connectivity index (χ2n) is 11.2. The van der Waals surface area contributed by atoms with Gasteiger partial charge >= 0.3 is 0 Å². The summed E-state index contributed by atoms with van der Waals surface area (Å²) in [4.78, 5) is 18.7. The summed E-state index contributed by atoms with van der Waals surface area (Å²) < 4.78 is 8.38. The Bertz CT molecular complexity index is 2650. The normalized spacial score (nSPS) is 11.5. The van der Waals surface area contributed by atoms with Gasteiger partial charge in [0.2, 0.25) is 0 Å². The molecule has 0 N–H and O–H groups in total. The summed E-state index contributed by atoms with van der Waals surface area (Å²) in [6.45, 7) is 7.71. The molecule has 6 aromatic carbocycles. The summed E-state index contributed by atoms with van der Waals surface area (Å²) in [5.41, 5.74) is 7.93. The van der Waals surface area contributed by atoms with Crippen LogP contribution in [0.2, 0.25) is 0 Å². The lowest BCUT2D eigenvalue weighted by atomic mass is 10.1. The highest BCUT2D eigenvalue weighted by molar-refractivity contribution is 6.13. The lowest BCUT2D eigenvalue weighted by molar-refractivity contribution is 0.669. The highest BCUT2D eigenvalue weighted by atomic mass is 16.3. The minimum Gasteiger partial charge on any atom is -0.457 e. The van der Waals surface area contributed by atoms with Crippen LogP contribution in [-0.4, -0.2) is 19.5 Å². The SMILES string of the molecule is [C-]#[N+]c1cccc2oc3ccc(-c4nc(-c5ccccc5)nc(-c5ccc6c(c5)c5ccccc5n6-c5ccccc5)n4)cc3c12. The van der Waals surface area contributed by atoms with Gasteiger partial charge in [-0.1, -0.05) is 78.9 Å². The van der Waals surface area contributed by atoms with Crippen LogP contribution in [0.3, 0.4) is 0 Å². The van der Waals surface area contributed by atoms with Crippen LogP contribution in [0.25, 0.3) is 88.4 Å². The molecule has 0 aliphatic heterocycles. The van der Waals surface area contributed by atoms with Crippen molar-refractivity contribution in [2.75, 3.05) is 0 Å². The molecule has 0 aliphatic rings. The fourth-order valence-corrected chi connectivity index (χ4v) is 6.36. The van der Waals surface area contributed by atoms with E-state index in [1.54, 1.807) is 0 Å². The van der Waals surface area contributed by atoms with Gasteiger partial charge in [-0.2, -0.15) is 0 Å². The second kappa shape index (κ2) is 10.3. The molecule has 0 fully saturated rings. The van der Waals surface area contributed by atoms with E-state index in [-0.39, 0.29) is 0 Å². The van der Waals surface area contributed by atoms with Crippen LogP contribution in [0.5, 0.6) is 0 Å². The first-order chi connectivity index (χ1) is 22.7. The third-order valence-corrected chi connectivity index (χ3v) is 8.46. The maximum atomic E-state index is 7.71. The zero-order valence-electron chi connectivity index (χ0n) is 24.4. The summed E-state index contributed by atoms with van der Waals surface area (Å²) in [5, 5.41) is 3.94. The Morgan fingerprint density at radius 1 is 0.500 bits per heavy atom. The highest BCUT2D eigenvalue weighted by Gasteiger charge is 2.18. The average Bonchev–Trinajstić information content (AvgIpc) is 3.67. The van der Waals surface area contributed by atoms with E-state index in [0.717, 1.165) is 55.0 Å². The topological polar surface area (TPSA) is 61.1 Å². The first-order valence-corrected chi connectivity index (χ1v) is 15.0. The van der Waals surface area contributed by atoms with E-state index < -0.39 is 0 Å². The number of rotatable bonds is 4. The van der Waals surface area contributed by atoms with E-state index in [9.17, 15) is 0 Å². The fourth-order valence-electron chi connectivity index (χ4n) is 6.36. The standard InChI is InChI=1S/C40H23N5O/c1-41-32-16-10-18-36-37(32)31-24-27(20-22-35(31)46-36)40-43-38(25-11-4-2-5-12-25)42-39(44-40)26-19-21-34-30(23-26)29-15-8-9-17-33(29)45(34)28-13-6-3-7-14-28/h2-24H. The van der Waals surface area contributed by atoms with Crippen molar-refractivity contribution in [3.05, 3.63) is 151 Å². The minimum atomic E-state index is 0.548. The van der Waals surface area contributed by atoms with Crippen LogP contribution in [0.15, 0.2) is 144 Å². The number of aromatic nitrogens is 4. The average molecular weight is 590 g/mol. The first kappa shape index (κ1) is 25.9. The van der Waals surface area contributed by atoms with Crippen molar-refractivity contribution >= 4 is 49.4 Å². The van der Waals surface area contributed by atoms with Crippen molar-refractivity contribution in [1.29, 1.82) is 0 Å². The molecule has 3 heterocycles. The first-order valence-electron chi connectivity index (χ1n) is 15.0. The van der Waals surface area contributed by atoms with Crippen LogP contribution in [-0.2, 0) is 0 Å². The van der Waals surface area contributed by atoms with Crippen LogP contribution in [0.4, 0.5) is 5.69 Å². The Kier molecular flexibility index (Phi) is 5.77. The number of furan rings is 1. The molecule has 0 atom stereocenters. The number of para-hydroxylation sites is 2. The van der Waals surface area contributed by atoms with E-state index in [1.807, 2.05) is 72.8 Å². The largest absolute Gasteiger partial charge is 0.457 e. The molecule has 0 unspecified atom stereocenters. The Morgan fingerprint density at radius 2 is 1.13 bits per heavy atom. The van der Waals surface area contributed by atoms with Crippen molar-refractivity contribution in [3.63, 3.8) is 0 Å². The van der Waals surface area contributed by atoms with Gasteiger partial charge in [0.15, 0.2) is 23.2 Å². The predicted molar refractivity (Wildman–Crippen MR) is 184 cm³/mol. The number of fused-ring (bicyclic) bond motifs is 6. The van der Waals surface area contributed by atoms with E-state index in [0.29, 0.717) is 34.3 Å². The van der Waals surface area contributed by atoms with Crippen LogP contribution < -0.4 is 0 Å². The summed E-state index contributed by atoms with van der Waals surface area (Å²) in [5.74, 6) is 1.72. The van der Waals surface area contributed by atoms with Crippen molar-refractivity contribution in [2.24, 2.45) is 0 Å². The second-order valence-corrected chi connectivity index (χ2v) is 11.2. The predicted octanol–water partition coefficient (Wildman–Crippen LogP) is 10.4. The number of hydrogen-bond donors (Lipinski definition) is 0. The van der Waals surface area contributed by atoms with E-state index in [4.69, 9.17) is 25.9 Å². The highest BCUT2D eigenvalue weighted by Crippen LogP contribution is 2.38. The monoisotopic (exact) mass is 589 g/mol. The molecular formula is C40H23N5O. The Hall–Kier alpha value is -6.58. The van der Waals surface area contributed by atoms with Crippen molar-refractivity contribution < 1.29 is 4.42 Å². The molecule has 46 heavy (non-hydrogen) atoms. The molecule has 0 saturated heterocycles. The molecule has 6 heteroatoms. The third-order valence-electron chi connectivity index (χ3n) is 8.46. The molecule has 9 aromatic rings. The van der Waals surface area contributed by atoms with Gasteiger partial charge < -0.3 is 8.98 Å². The van der Waals surface area contributed by atoms with Gasteiger partial charge in [0.1, 0.15) is 11.2 Å². The van der Waals surface area contributed by atoms with Gasteiger partial charge in [-0.3, -0.25) is 0 Å². The summed E-state index contributed by atoms with van der Waals surface area (Å²) in [6, 6.07) is 46.7. The maximum absolute atomic E-state index is 7.71. The maximum Gasteiger partial charge on any atom is 0.198 e. The summed E-state index contributed by atoms with van der Waals surface area (Å²) >= 11 is 0. The molecule has 6 nitrogen and oxygen atoms in total. The van der Waals surface area contributed by atoms with E-state index in [2.05, 4.69) is 76.1 Å². The zero-order valence-corrected chi connectivity index (χ0v) is 24.4. The Balaban J connectivity index is 1.27. The number of hydrogen-bond acceptors (Lipinski definition) is 4. The van der Waals surface area contributed by atoms with Crippen LogP contribution >= 0.6 is 0 Å². The van der Waals surface area contributed by atoms with Gasteiger partial charge in [0.05, 0.1) is 17.6 Å². The van der Waals surface area contributed by atoms with Crippen LogP contribution in [0.1, 0.15) is 0 Å². The number of nitrogens with zero attached hydrogens (tertiary/aromatic N) is 5. The molecule has 9 rings (SSSR count). The van der Waals surface area contributed by atoms with Gasteiger partial charge in [-0.15, -0.1) is 0 Å². The van der Waals surface area contributed by atoms with Crippen molar-refractivity contribution in [1.82, 2.24) is 19.5 Å². The third kappa shape index (κ3) is 4.07. The Morgan fingerprint density at radius 3 is 1.89 bits per heavy atom. The molecule has 0 saturated carbocycles. The molecule has 0 radical (unpaired) electrons. The molecule has 0 bridgehead atoms. The van der Waals surface area contributed by atoms with Crippen LogP contribution in [0, 0.1) is 6.57 Å².